The van der Waals surface area contributed by atoms with E-state index < -0.39 is 0 Å². The van der Waals surface area contributed by atoms with Crippen molar-refractivity contribution >= 4 is 28.5 Å². The number of nitrogens with zero attached hydrogens (tertiary/aromatic N) is 3. The maximum absolute atomic E-state index is 11.6. The van der Waals surface area contributed by atoms with Crippen molar-refractivity contribution < 1.29 is 9.53 Å². The maximum atomic E-state index is 11.6. The number of hydrogen-bond acceptors (Lipinski definition) is 6. The summed E-state index contributed by atoms with van der Waals surface area (Å²) in [5, 5.41) is 10.3. The summed E-state index contributed by atoms with van der Waals surface area (Å²) in [5.74, 6) is 0.277. The van der Waals surface area contributed by atoms with Crippen molar-refractivity contribution in [3.05, 3.63) is 41.9 Å². The van der Waals surface area contributed by atoms with E-state index in [0.29, 0.717) is 23.5 Å². The molecule has 1 aromatic carbocycles. The zero-order valence-electron chi connectivity index (χ0n) is 12.3. The van der Waals surface area contributed by atoms with Gasteiger partial charge < -0.3 is 10.1 Å². The number of hydrogen-bond donors (Lipinski definition) is 2. The minimum absolute atomic E-state index is 0.332. The molecule has 0 saturated carbocycles. The number of rotatable bonds is 4. The summed E-state index contributed by atoms with van der Waals surface area (Å²) < 4.78 is 4.95. The Labute approximate surface area is 126 Å². The van der Waals surface area contributed by atoms with Crippen LogP contribution in [0.4, 0.5) is 11.5 Å². The molecule has 7 nitrogen and oxygen atoms in total. The topological polar surface area (TPSA) is 92.8 Å². The fourth-order valence-corrected chi connectivity index (χ4v) is 2.08. The first-order valence-electron chi connectivity index (χ1n) is 6.89. The Balaban J connectivity index is 1.84. The zero-order chi connectivity index (χ0) is 15.5. The minimum atomic E-state index is -0.332. The van der Waals surface area contributed by atoms with E-state index in [0.717, 1.165) is 16.9 Å². The Morgan fingerprint density at radius 3 is 2.73 bits per heavy atom. The first kappa shape index (κ1) is 14.0. The van der Waals surface area contributed by atoms with Crippen molar-refractivity contribution in [2.24, 2.45) is 0 Å². The zero-order valence-corrected chi connectivity index (χ0v) is 12.3. The van der Waals surface area contributed by atoms with Crippen LogP contribution in [0.1, 0.15) is 23.0 Å². The van der Waals surface area contributed by atoms with Gasteiger partial charge in [0.05, 0.1) is 17.9 Å². The molecule has 3 rings (SSSR count). The van der Waals surface area contributed by atoms with E-state index in [4.69, 9.17) is 4.74 Å². The number of fused-ring (bicyclic) bond motifs is 1. The number of carbonyl (C=O) groups excluding carboxylic acids is 1. The standard InChI is InChI=1S/C15H15N5O2/c1-3-22-15(21)10-4-6-11(7-5-10)18-14-13-12(16-8-17-14)9(2)19-20-13/h4-8H,3H2,1-2H3,(H,19,20)(H,16,17,18). The quantitative estimate of drug-likeness (QED) is 0.719. The highest BCUT2D eigenvalue weighted by molar-refractivity contribution is 5.91. The number of ether oxygens (including phenoxy) is 1. The number of carbonyl (C=O) groups is 1. The van der Waals surface area contributed by atoms with Crippen molar-refractivity contribution in [2.75, 3.05) is 11.9 Å². The van der Waals surface area contributed by atoms with Gasteiger partial charge in [-0.25, -0.2) is 14.8 Å². The van der Waals surface area contributed by atoms with E-state index in [1.54, 1.807) is 31.2 Å². The molecule has 3 aromatic rings. The molecule has 112 valence electrons. The second-order valence-corrected chi connectivity index (χ2v) is 4.69. The molecular formula is C15H15N5O2. The summed E-state index contributed by atoms with van der Waals surface area (Å²) in [5.41, 5.74) is 3.65. The molecule has 0 aliphatic heterocycles. The predicted molar refractivity (Wildman–Crippen MR) is 82.1 cm³/mol. The monoisotopic (exact) mass is 297 g/mol. The van der Waals surface area contributed by atoms with Gasteiger partial charge in [0.1, 0.15) is 11.8 Å². The van der Waals surface area contributed by atoms with Crippen LogP contribution in [0.5, 0.6) is 0 Å². The fourth-order valence-electron chi connectivity index (χ4n) is 2.08. The van der Waals surface area contributed by atoms with Crippen LogP contribution in [0, 0.1) is 6.92 Å². The lowest BCUT2D eigenvalue weighted by Gasteiger charge is -2.07. The molecule has 0 aliphatic rings. The Hall–Kier alpha value is -2.96. The molecule has 0 saturated heterocycles. The molecule has 7 heteroatoms. The molecule has 0 amide bonds. The molecule has 0 spiro atoms. The summed E-state index contributed by atoms with van der Waals surface area (Å²) in [7, 11) is 0. The van der Waals surface area contributed by atoms with E-state index in [9.17, 15) is 4.79 Å². The molecule has 0 fully saturated rings. The normalized spacial score (nSPS) is 10.6. The largest absolute Gasteiger partial charge is 0.462 e. The Kier molecular flexibility index (Phi) is 3.69. The van der Waals surface area contributed by atoms with Crippen LogP contribution >= 0.6 is 0 Å². The number of aromatic nitrogens is 4. The van der Waals surface area contributed by atoms with E-state index in [1.165, 1.54) is 6.33 Å². The molecule has 0 bridgehead atoms. The number of H-pyrrole nitrogens is 1. The van der Waals surface area contributed by atoms with Crippen LogP contribution in [0.15, 0.2) is 30.6 Å². The summed E-state index contributed by atoms with van der Waals surface area (Å²) in [4.78, 5) is 20.0. The van der Waals surface area contributed by atoms with Crippen LogP contribution in [0.3, 0.4) is 0 Å². The van der Waals surface area contributed by atoms with Gasteiger partial charge in [0, 0.05) is 5.69 Å². The van der Waals surface area contributed by atoms with Gasteiger partial charge in [-0.3, -0.25) is 5.10 Å². The van der Waals surface area contributed by atoms with Gasteiger partial charge in [-0.05, 0) is 38.1 Å². The average Bonchev–Trinajstić information content (AvgIpc) is 2.91. The predicted octanol–water partition coefficient (Wildman–Crippen LogP) is 2.58. The van der Waals surface area contributed by atoms with Gasteiger partial charge in [0.15, 0.2) is 11.3 Å². The molecular weight excluding hydrogens is 282 g/mol. The Bertz CT molecular complexity index is 810. The number of aromatic amines is 1. The van der Waals surface area contributed by atoms with Gasteiger partial charge in [-0.15, -0.1) is 0 Å². The fraction of sp³-hybridized carbons (Fsp3) is 0.200. The SMILES string of the molecule is CCOC(=O)c1ccc(Nc2ncnc3c(C)[nH]nc23)cc1. The van der Waals surface area contributed by atoms with Gasteiger partial charge in [-0.1, -0.05) is 0 Å². The van der Waals surface area contributed by atoms with Gasteiger partial charge in [-0.2, -0.15) is 5.10 Å². The third-order valence-electron chi connectivity index (χ3n) is 3.17. The van der Waals surface area contributed by atoms with Gasteiger partial charge >= 0.3 is 5.97 Å². The second kappa shape index (κ2) is 5.80. The molecule has 2 N–H and O–H groups in total. The molecule has 2 aromatic heterocycles. The van der Waals surface area contributed by atoms with Crippen molar-refractivity contribution in [3.8, 4) is 0 Å². The van der Waals surface area contributed by atoms with Crippen molar-refractivity contribution in [1.29, 1.82) is 0 Å². The number of anilines is 2. The highest BCUT2D eigenvalue weighted by atomic mass is 16.5. The number of aryl methyl sites for hydroxylation is 1. The van der Waals surface area contributed by atoms with Crippen LogP contribution in [0.2, 0.25) is 0 Å². The average molecular weight is 297 g/mol. The second-order valence-electron chi connectivity index (χ2n) is 4.69. The van der Waals surface area contributed by atoms with E-state index >= 15 is 0 Å². The van der Waals surface area contributed by atoms with Crippen LogP contribution in [0.25, 0.3) is 11.0 Å². The third kappa shape index (κ3) is 2.60. The van der Waals surface area contributed by atoms with Crippen LogP contribution < -0.4 is 5.32 Å². The lowest BCUT2D eigenvalue weighted by molar-refractivity contribution is 0.0526. The highest BCUT2D eigenvalue weighted by Gasteiger charge is 2.10. The summed E-state index contributed by atoms with van der Waals surface area (Å²) >= 11 is 0. The first-order valence-corrected chi connectivity index (χ1v) is 6.89. The molecule has 0 aliphatic carbocycles. The summed E-state index contributed by atoms with van der Waals surface area (Å²) in [6.45, 7) is 4.04. The molecule has 2 heterocycles. The molecule has 0 radical (unpaired) electrons. The van der Waals surface area contributed by atoms with Crippen LogP contribution in [-0.4, -0.2) is 32.7 Å². The Morgan fingerprint density at radius 2 is 2.00 bits per heavy atom. The molecule has 0 unspecified atom stereocenters. The van der Waals surface area contributed by atoms with Crippen molar-refractivity contribution in [1.82, 2.24) is 20.2 Å². The minimum Gasteiger partial charge on any atom is -0.462 e. The smallest absolute Gasteiger partial charge is 0.338 e. The number of nitrogens with one attached hydrogen (secondary N) is 2. The lowest BCUT2D eigenvalue weighted by Crippen LogP contribution is -2.04. The van der Waals surface area contributed by atoms with Crippen molar-refractivity contribution in [2.45, 2.75) is 13.8 Å². The Morgan fingerprint density at radius 1 is 1.23 bits per heavy atom. The number of esters is 1. The van der Waals surface area contributed by atoms with Gasteiger partial charge in [0.25, 0.3) is 0 Å². The van der Waals surface area contributed by atoms with E-state index in [2.05, 4.69) is 25.5 Å². The highest BCUT2D eigenvalue weighted by Crippen LogP contribution is 2.22. The van der Waals surface area contributed by atoms with Gasteiger partial charge in [0.2, 0.25) is 0 Å². The molecule has 0 atom stereocenters. The van der Waals surface area contributed by atoms with E-state index in [-0.39, 0.29) is 5.97 Å². The van der Waals surface area contributed by atoms with Crippen LogP contribution in [-0.2, 0) is 4.74 Å². The summed E-state index contributed by atoms with van der Waals surface area (Å²) in [6.07, 6.45) is 1.49. The maximum Gasteiger partial charge on any atom is 0.338 e. The third-order valence-corrected chi connectivity index (χ3v) is 3.17. The number of benzene rings is 1. The first-order chi connectivity index (χ1) is 10.7. The summed E-state index contributed by atoms with van der Waals surface area (Å²) in [6, 6.07) is 6.99. The van der Waals surface area contributed by atoms with E-state index in [1.807, 2.05) is 6.92 Å². The molecule has 22 heavy (non-hydrogen) atoms. The lowest BCUT2D eigenvalue weighted by atomic mass is 10.2. The van der Waals surface area contributed by atoms with Crippen molar-refractivity contribution in [3.63, 3.8) is 0 Å².